The standard InChI is InChI=1S/C21H37N3O4/c1-15(2)13-22-21(28)24-11-7-8-16(14-24)12-19(25)23-18-10-6-4-3-5-9-17(18)20(26)27/h15-18H,3-14H2,1-2H3,(H,22,28)(H,23,25)(H,26,27). The van der Waals surface area contributed by atoms with Crippen molar-refractivity contribution < 1.29 is 19.5 Å². The number of likely N-dealkylation sites (tertiary alicyclic amines) is 1. The van der Waals surface area contributed by atoms with Crippen molar-refractivity contribution in [3.8, 4) is 0 Å². The summed E-state index contributed by atoms with van der Waals surface area (Å²) in [4.78, 5) is 38.3. The van der Waals surface area contributed by atoms with Crippen LogP contribution in [-0.4, -0.2) is 53.6 Å². The highest BCUT2D eigenvalue weighted by Crippen LogP contribution is 2.24. The smallest absolute Gasteiger partial charge is 0.317 e. The van der Waals surface area contributed by atoms with Crippen molar-refractivity contribution in [2.24, 2.45) is 17.8 Å². The number of amides is 3. The molecule has 3 unspecified atom stereocenters. The maximum absolute atomic E-state index is 12.6. The minimum atomic E-state index is -0.808. The average Bonchev–Trinajstić information content (AvgIpc) is 2.61. The largest absolute Gasteiger partial charge is 0.481 e. The second-order valence-corrected chi connectivity index (χ2v) is 8.85. The first-order chi connectivity index (χ1) is 13.4. The molecule has 2 rings (SSSR count). The Kier molecular flexibility index (Phi) is 9.06. The Morgan fingerprint density at radius 3 is 2.43 bits per heavy atom. The molecule has 1 saturated carbocycles. The van der Waals surface area contributed by atoms with Crippen molar-refractivity contribution >= 4 is 17.9 Å². The van der Waals surface area contributed by atoms with Crippen molar-refractivity contribution in [1.82, 2.24) is 15.5 Å². The molecule has 2 aliphatic rings. The van der Waals surface area contributed by atoms with Gasteiger partial charge in [-0.2, -0.15) is 0 Å². The summed E-state index contributed by atoms with van der Waals surface area (Å²) in [7, 11) is 0. The van der Waals surface area contributed by atoms with E-state index in [1.54, 1.807) is 4.90 Å². The van der Waals surface area contributed by atoms with Crippen molar-refractivity contribution in [2.45, 2.75) is 77.7 Å². The van der Waals surface area contributed by atoms with Gasteiger partial charge in [0.1, 0.15) is 0 Å². The van der Waals surface area contributed by atoms with Crippen molar-refractivity contribution in [3.63, 3.8) is 0 Å². The number of hydrogen-bond acceptors (Lipinski definition) is 3. The minimum Gasteiger partial charge on any atom is -0.481 e. The Balaban J connectivity index is 1.85. The molecule has 7 nitrogen and oxygen atoms in total. The molecule has 0 aromatic carbocycles. The number of nitrogens with zero attached hydrogens (tertiary/aromatic N) is 1. The molecule has 3 amide bonds. The van der Waals surface area contributed by atoms with Crippen LogP contribution in [0.2, 0.25) is 0 Å². The van der Waals surface area contributed by atoms with Crippen LogP contribution in [0.3, 0.4) is 0 Å². The molecule has 0 radical (unpaired) electrons. The molecule has 1 aliphatic carbocycles. The van der Waals surface area contributed by atoms with E-state index in [-0.39, 0.29) is 23.9 Å². The fourth-order valence-electron chi connectivity index (χ4n) is 4.30. The van der Waals surface area contributed by atoms with Gasteiger partial charge in [-0.15, -0.1) is 0 Å². The number of rotatable bonds is 6. The summed E-state index contributed by atoms with van der Waals surface area (Å²) in [5.74, 6) is -0.838. The zero-order valence-corrected chi connectivity index (χ0v) is 17.4. The molecule has 0 bridgehead atoms. The number of urea groups is 1. The van der Waals surface area contributed by atoms with Gasteiger partial charge in [0.15, 0.2) is 0 Å². The Hall–Kier alpha value is -1.79. The third kappa shape index (κ3) is 7.32. The number of carboxylic acids is 1. The van der Waals surface area contributed by atoms with Crippen LogP contribution in [0.15, 0.2) is 0 Å². The van der Waals surface area contributed by atoms with Crippen molar-refractivity contribution in [1.29, 1.82) is 0 Å². The van der Waals surface area contributed by atoms with Crippen LogP contribution in [0.4, 0.5) is 4.79 Å². The van der Waals surface area contributed by atoms with Gasteiger partial charge in [0.05, 0.1) is 5.92 Å². The SMILES string of the molecule is CC(C)CNC(=O)N1CCCC(CC(=O)NC2CCCCCCC2C(=O)O)C1. The summed E-state index contributed by atoms with van der Waals surface area (Å²) in [5, 5.41) is 15.5. The normalized spacial score (nSPS) is 26.2. The highest BCUT2D eigenvalue weighted by Gasteiger charge is 2.31. The summed E-state index contributed by atoms with van der Waals surface area (Å²) >= 11 is 0. The molecule has 3 N–H and O–H groups in total. The second-order valence-electron chi connectivity index (χ2n) is 8.85. The van der Waals surface area contributed by atoms with Crippen molar-refractivity contribution in [2.75, 3.05) is 19.6 Å². The zero-order valence-electron chi connectivity index (χ0n) is 17.4. The monoisotopic (exact) mass is 395 g/mol. The molecule has 0 aromatic heterocycles. The number of carbonyl (C=O) groups excluding carboxylic acids is 2. The molecule has 1 aliphatic heterocycles. The average molecular weight is 396 g/mol. The van der Waals surface area contributed by atoms with Crippen LogP contribution in [0.1, 0.15) is 71.6 Å². The predicted molar refractivity (Wildman–Crippen MR) is 108 cm³/mol. The highest BCUT2D eigenvalue weighted by molar-refractivity contribution is 5.78. The fourth-order valence-corrected chi connectivity index (χ4v) is 4.30. The maximum atomic E-state index is 12.6. The summed E-state index contributed by atoms with van der Waals surface area (Å²) in [5.41, 5.74) is 0. The lowest BCUT2D eigenvalue weighted by atomic mass is 9.86. The number of aliphatic carboxylic acids is 1. The molecular formula is C21H37N3O4. The van der Waals surface area contributed by atoms with Gasteiger partial charge < -0.3 is 20.6 Å². The quantitative estimate of drug-likeness (QED) is 0.644. The minimum absolute atomic E-state index is 0.0511. The van der Waals surface area contributed by atoms with E-state index >= 15 is 0 Å². The third-order valence-corrected chi connectivity index (χ3v) is 5.87. The van der Waals surface area contributed by atoms with Crippen LogP contribution in [-0.2, 0) is 9.59 Å². The van der Waals surface area contributed by atoms with E-state index in [2.05, 4.69) is 24.5 Å². The zero-order chi connectivity index (χ0) is 20.5. The van der Waals surface area contributed by atoms with Gasteiger partial charge in [-0.3, -0.25) is 9.59 Å². The Bertz CT molecular complexity index is 538. The number of piperidine rings is 1. The molecule has 1 heterocycles. The van der Waals surface area contributed by atoms with E-state index < -0.39 is 11.9 Å². The summed E-state index contributed by atoms with van der Waals surface area (Å²) < 4.78 is 0. The lowest BCUT2D eigenvalue weighted by molar-refractivity contribution is -0.143. The molecule has 160 valence electrons. The number of carboxylic acid groups (broad SMARTS) is 1. The van der Waals surface area contributed by atoms with E-state index in [0.717, 1.165) is 51.5 Å². The number of nitrogens with one attached hydrogen (secondary N) is 2. The van der Waals surface area contributed by atoms with Gasteiger partial charge in [-0.25, -0.2) is 4.79 Å². The maximum Gasteiger partial charge on any atom is 0.317 e. The lowest BCUT2D eigenvalue weighted by Crippen LogP contribution is -2.48. The van der Waals surface area contributed by atoms with E-state index in [0.29, 0.717) is 31.8 Å². The molecule has 2 fully saturated rings. The third-order valence-electron chi connectivity index (χ3n) is 5.87. The molecular weight excluding hydrogens is 358 g/mol. The number of hydrogen-bond donors (Lipinski definition) is 3. The van der Waals surface area contributed by atoms with Crippen LogP contribution in [0.5, 0.6) is 0 Å². The van der Waals surface area contributed by atoms with E-state index in [1.165, 1.54) is 0 Å². The predicted octanol–water partition coefficient (Wildman–Crippen LogP) is 2.99. The number of carbonyl (C=O) groups is 3. The Labute approximate surface area is 168 Å². The molecule has 3 atom stereocenters. The Morgan fingerprint density at radius 1 is 1.04 bits per heavy atom. The van der Waals surface area contributed by atoms with Crippen LogP contribution in [0, 0.1) is 17.8 Å². The summed E-state index contributed by atoms with van der Waals surface area (Å²) in [6.07, 6.45) is 7.58. The fraction of sp³-hybridized carbons (Fsp3) is 0.857. The first kappa shape index (κ1) is 22.5. The van der Waals surface area contributed by atoms with Gasteiger partial charge in [0.2, 0.25) is 5.91 Å². The van der Waals surface area contributed by atoms with Gasteiger partial charge in [0, 0.05) is 32.1 Å². The highest BCUT2D eigenvalue weighted by atomic mass is 16.4. The van der Waals surface area contributed by atoms with E-state index in [1.807, 2.05) is 0 Å². The molecule has 0 aromatic rings. The van der Waals surface area contributed by atoms with Gasteiger partial charge in [-0.05, 0) is 37.5 Å². The second kappa shape index (κ2) is 11.3. The van der Waals surface area contributed by atoms with Crippen LogP contribution < -0.4 is 10.6 Å². The topological polar surface area (TPSA) is 98.7 Å². The lowest BCUT2D eigenvalue weighted by Gasteiger charge is -2.33. The van der Waals surface area contributed by atoms with E-state index in [4.69, 9.17) is 0 Å². The van der Waals surface area contributed by atoms with Gasteiger partial charge >= 0.3 is 12.0 Å². The molecule has 28 heavy (non-hydrogen) atoms. The van der Waals surface area contributed by atoms with E-state index in [9.17, 15) is 19.5 Å². The van der Waals surface area contributed by atoms with Crippen LogP contribution in [0.25, 0.3) is 0 Å². The first-order valence-electron chi connectivity index (χ1n) is 10.9. The van der Waals surface area contributed by atoms with Gasteiger partial charge in [-0.1, -0.05) is 39.5 Å². The van der Waals surface area contributed by atoms with Crippen LogP contribution >= 0.6 is 0 Å². The van der Waals surface area contributed by atoms with Crippen molar-refractivity contribution in [3.05, 3.63) is 0 Å². The first-order valence-corrected chi connectivity index (χ1v) is 10.9. The Morgan fingerprint density at radius 2 is 1.75 bits per heavy atom. The molecule has 7 heteroatoms. The summed E-state index contributed by atoms with van der Waals surface area (Å²) in [6, 6.07) is -0.330. The molecule has 1 saturated heterocycles. The summed E-state index contributed by atoms with van der Waals surface area (Å²) in [6.45, 7) is 6.09. The van der Waals surface area contributed by atoms with Gasteiger partial charge in [0.25, 0.3) is 0 Å². The molecule has 0 spiro atoms.